The normalized spacial score (nSPS) is 16.6. The largest absolute Gasteiger partial charge is 0.322 e. The van der Waals surface area contributed by atoms with Gasteiger partial charge < -0.3 is 10.2 Å². The van der Waals surface area contributed by atoms with Crippen molar-refractivity contribution in [3.8, 4) is 0 Å². The SMILES string of the molecule is Cc1ccc(NC(=O)N2CCN(S(=O)(=O)CC(C)C)CC2)cc1. The van der Waals surface area contributed by atoms with E-state index in [1.54, 1.807) is 4.90 Å². The lowest BCUT2D eigenvalue weighted by Crippen LogP contribution is -2.52. The number of piperazine rings is 1. The summed E-state index contributed by atoms with van der Waals surface area (Å²) in [5.74, 6) is 0.255. The van der Waals surface area contributed by atoms with Crippen molar-refractivity contribution in [2.75, 3.05) is 37.2 Å². The van der Waals surface area contributed by atoms with Gasteiger partial charge in [0.1, 0.15) is 0 Å². The minimum atomic E-state index is -3.22. The molecule has 0 aromatic heterocycles. The summed E-state index contributed by atoms with van der Waals surface area (Å²) in [6.45, 7) is 7.31. The number of nitrogens with zero attached hydrogens (tertiary/aromatic N) is 2. The molecule has 1 aromatic carbocycles. The predicted octanol–water partition coefficient (Wildman–Crippen LogP) is 2.13. The van der Waals surface area contributed by atoms with Gasteiger partial charge in [-0.25, -0.2) is 13.2 Å². The van der Waals surface area contributed by atoms with Crippen LogP contribution < -0.4 is 5.32 Å². The maximum Gasteiger partial charge on any atom is 0.321 e. The molecule has 2 rings (SSSR count). The topological polar surface area (TPSA) is 69.7 Å². The van der Waals surface area contributed by atoms with Crippen molar-refractivity contribution >= 4 is 21.7 Å². The van der Waals surface area contributed by atoms with E-state index < -0.39 is 10.0 Å². The fourth-order valence-corrected chi connectivity index (χ4v) is 4.31. The van der Waals surface area contributed by atoms with Gasteiger partial charge >= 0.3 is 6.03 Å². The molecule has 1 aromatic rings. The number of hydrogen-bond acceptors (Lipinski definition) is 3. The second kappa shape index (κ2) is 7.31. The Bertz CT molecular complexity index is 633. The van der Waals surface area contributed by atoms with Gasteiger partial charge in [0.05, 0.1) is 5.75 Å². The molecule has 0 aliphatic carbocycles. The van der Waals surface area contributed by atoms with Crippen LogP contribution in [0.5, 0.6) is 0 Å². The Hall–Kier alpha value is -1.60. The molecule has 0 saturated carbocycles. The quantitative estimate of drug-likeness (QED) is 0.913. The van der Waals surface area contributed by atoms with Gasteiger partial charge in [0.25, 0.3) is 0 Å². The highest BCUT2D eigenvalue weighted by Gasteiger charge is 2.29. The van der Waals surface area contributed by atoms with Crippen molar-refractivity contribution < 1.29 is 13.2 Å². The number of anilines is 1. The van der Waals surface area contributed by atoms with Crippen LogP contribution in [-0.2, 0) is 10.0 Å². The molecule has 1 fully saturated rings. The third kappa shape index (κ3) is 4.94. The summed E-state index contributed by atoms with van der Waals surface area (Å²) in [5.41, 5.74) is 1.88. The molecule has 23 heavy (non-hydrogen) atoms. The maximum absolute atomic E-state index is 12.2. The van der Waals surface area contributed by atoms with Gasteiger partial charge in [0.2, 0.25) is 10.0 Å². The summed E-state index contributed by atoms with van der Waals surface area (Å²) in [6.07, 6.45) is 0. The highest BCUT2D eigenvalue weighted by molar-refractivity contribution is 7.89. The first-order valence-electron chi connectivity index (χ1n) is 7.88. The molecule has 7 heteroatoms. The molecule has 1 aliphatic rings. The number of carbonyl (C=O) groups is 1. The summed E-state index contributed by atoms with van der Waals surface area (Å²) in [4.78, 5) is 13.9. The van der Waals surface area contributed by atoms with Crippen LogP contribution in [0.1, 0.15) is 19.4 Å². The van der Waals surface area contributed by atoms with Crippen molar-refractivity contribution in [1.29, 1.82) is 0 Å². The van der Waals surface area contributed by atoms with E-state index >= 15 is 0 Å². The number of amides is 2. The highest BCUT2D eigenvalue weighted by atomic mass is 32.2. The summed E-state index contributed by atoms with van der Waals surface area (Å²) >= 11 is 0. The molecule has 0 atom stereocenters. The first-order valence-corrected chi connectivity index (χ1v) is 9.49. The van der Waals surface area contributed by atoms with Crippen molar-refractivity contribution in [3.63, 3.8) is 0 Å². The minimum Gasteiger partial charge on any atom is -0.322 e. The Balaban J connectivity index is 1.88. The molecular weight excluding hydrogens is 314 g/mol. The number of carbonyl (C=O) groups excluding carboxylic acids is 1. The van der Waals surface area contributed by atoms with Crippen LogP contribution in [0, 0.1) is 12.8 Å². The third-order valence-corrected chi connectivity index (χ3v) is 6.01. The smallest absolute Gasteiger partial charge is 0.321 e. The zero-order chi connectivity index (χ0) is 17.0. The summed E-state index contributed by atoms with van der Waals surface area (Å²) < 4.78 is 25.9. The van der Waals surface area contributed by atoms with Gasteiger partial charge in [0, 0.05) is 31.9 Å². The monoisotopic (exact) mass is 339 g/mol. The summed E-state index contributed by atoms with van der Waals surface area (Å²) in [5, 5.41) is 2.84. The van der Waals surface area contributed by atoms with Gasteiger partial charge in [-0.2, -0.15) is 4.31 Å². The standard InChI is InChI=1S/C16H25N3O3S/c1-13(2)12-23(21,22)19-10-8-18(9-11-19)16(20)17-15-6-4-14(3)5-7-15/h4-7,13H,8-12H2,1-3H3,(H,17,20). The number of benzene rings is 1. The van der Waals surface area contributed by atoms with E-state index in [0.29, 0.717) is 26.2 Å². The van der Waals surface area contributed by atoms with Gasteiger partial charge in [-0.05, 0) is 25.0 Å². The average Bonchev–Trinajstić information content (AvgIpc) is 2.48. The maximum atomic E-state index is 12.2. The van der Waals surface area contributed by atoms with Crippen LogP contribution in [0.3, 0.4) is 0 Å². The molecule has 2 amide bonds. The number of urea groups is 1. The molecule has 0 unspecified atom stereocenters. The van der Waals surface area contributed by atoms with Crippen molar-refractivity contribution in [1.82, 2.24) is 9.21 Å². The lowest BCUT2D eigenvalue weighted by Gasteiger charge is -2.34. The number of aryl methyl sites for hydroxylation is 1. The van der Waals surface area contributed by atoms with E-state index in [1.165, 1.54) is 4.31 Å². The molecule has 1 saturated heterocycles. The van der Waals surface area contributed by atoms with Gasteiger partial charge in [-0.1, -0.05) is 31.5 Å². The third-order valence-electron chi connectivity index (χ3n) is 3.77. The van der Waals surface area contributed by atoms with Gasteiger partial charge in [-0.3, -0.25) is 0 Å². The lowest BCUT2D eigenvalue weighted by atomic mass is 10.2. The Morgan fingerprint density at radius 3 is 2.22 bits per heavy atom. The van der Waals surface area contributed by atoms with Gasteiger partial charge in [0.15, 0.2) is 0 Å². The van der Waals surface area contributed by atoms with E-state index in [2.05, 4.69) is 5.32 Å². The van der Waals surface area contributed by atoms with Crippen LogP contribution in [-0.4, -0.2) is 55.6 Å². The number of hydrogen-bond donors (Lipinski definition) is 1. The van der Waals surface area contributed by atoms with Crippen LogP contribution in [0.15, 0.2) is 24.3 Å². The first-order chi connectivity index (χ1) is 10.8. The van der Waals surface area contributed by atoms with Crippen LogP contribution in [0.4, 0.5) is 10.5 Å². The Morgan fingerprint density at radius 1 is 1.13 bits per heavy atom. The lowest BCUT2D eigenvalue weighted by molar-refractivity contribution is 0.184. The second-order valence-electron chi connectivity index (χ2n) is 6.35. The zero-order valence-electron chi connectivity index (χ0n) is 13.9. The molecular formula is C16H25N3O3S. The van der Waals surface area contributed by atoms with Crippen LogP contribution in [0.2, 0.25) is 0 Å². The summed E-state index contributed by atoms with van der Waals surface area (Å²) in [6, 6.07) is 7.40. The Morgan fingerprint density at radius 2 is 1.70 bits per heavy atom. The average molecular weight is 339 g/mol. The molecule has 0 bridgehead atoms. The molecule has 1 heterocycles. The Kier molecular flexibility index (Phi) is 5.64. The number of nitrogens with one attached hydrogen (secondary N) is 1. The molecule has 0 radical (unpaired) electrons. The zero-order valence-corrected chi connectivity index (χ0v) is 14.8. The molecule has 128 valence electrons. The number of sulfonamides is 1. The van der Waals surface area contributed by atoms with Crippen molar-refractivity contribution in [3.05, 3.63) is 29.8 Å². The highest BCUT2D eigenvalue weighted by Crippen LogP contribution is 2.13. The Labute approximate surface area is 138 Å². The number of rotatable bonds is 4. The second-order valence-corrected chi connectivity index (χ2v) is 8.37. The molecule has 0 spiro atoms. The van der Waals surface area contributed by atoms with Crippen LogP contribution in [0.25, 0.3) is 0 Å². The fourth-order valence-electron chi connectivity index (χ4n) is 2.54. The molecule has 1 aliphatic heterocycles. The fraction of sp³-hybridized carbons (Fsp3) is 0.562. The molecule has 1 N–H and O–H groups in total. The van der Waals surface area contributed by atoms with E-state index in [-0.39, 0.29) is 17.7 Å². The van der Waals surface area contributed by atoms with E-state index in [0.717, 1.165) is 11.3 Å². The van der Waals surface area contributed by atoms with Crippen molar-refractivity contribution in [2.45, 2.75) is 20.8 Å². The van der Waals surface area contributed by atoms with E-state index in [4.69, 9.17) is 0 Å². The van der Waals surface area contributed by atoms with E-state index in [9.17, 15) is 13.2 Å². The van der Waals surface area contributed by atoms with Crippen molar-refractivity contribution in [2.24, 2.45) is 5.92 Å². The molecule has 6 nitrogen and oxygen atoms in total. The van der Waals surface area contributed by atoms with Gasteiger partial charge in [-0.15, -0.1) is 0 Å². The van der Waals surface area contributed by atoms with Crippen LogP contribution >= 0.6 is 0 Å². The summed E-state index contributed by atoms with van der Waals surface area (Å²) in [7, 11) is -3.22. The predicted molar refractivity (Wildman–Crippen MR) is 92.0 cm³/mol. The van der Waals surface area contributed by atoms with E-state index in [1.807, 2.05) is 45.0 Å². The minimum absolute atomic E-state index is 0.0999. The first kappa shape index (κ1) is 17.7.